The van der Waals surface area contributed by atoms with Gasteiger partial charge in [-0.25, -0.2) is 8.78 Å². The minimum atomic E-state index is -0.834. The molecule has 1 aromatic carbocycles. The number of nitrogens with two attached hydrogens (primary N) is 1. The molecule has 0 bridgehead atoms. The maximum atomic E-state index is 13.5. The second-order valence-electron chi connectivity index (χ2n) is 4.28. The van der Waals surface area contributed by atoms with Crippen LogP contribution in [-0.2, 0) is 0 Å². The van der Waals surface area contributed by atoms with Gasteiger partial charge in [-0.2, -0.15) is 0 Å². The Bertz CT molecular complexity index is 403. The van der Waals surface area contributed by atoms with Gasteiger partial charge in [-0.05, 0) is 31.5 Å². The van der Waals surface area contributed by atoms with Gasteiger partial charge in [-0.15, -0.1) is 0 Å². The van der Waals surface area contributed by atoms with Crippen LogP contribution in [0.4, 0.5) is 8.78 Å². The maximum Gasteiger partial charge on any atom is 0.259 e. The van der Waals surface area contributed by atoms with Gasteiger partial charge in [0.1, 0.15) is 17.2 Å². The van der Waals surface area contributed by atoms with Crippen molar-refractivity contribution in [2.75, 3.05) is 19.6 Å². The van der Waals surface area contributed by atoms with E-state index in [1.54, 1.807) is 6.92 Å². The van der Waals surface area contributed by atoms with E-state index < -0.39 is 23.1 Å². The molecular formula is C13H18F2N2O. The van der Waals surface area contributed by atoms with Gasteiger partial charge in [0.05, 0.1) is 0 Å². The van der Waals surface area contributed by atoms with Crippen LogP contribution in [0.1, 0.15) is 24.2 Å². The molecule has 18 heavy (non-hydrogen) atoms. The van der Waals surface area contributed by atoms with Crippen LogP contribution in [0.25, 0.3) is 0 Å². The summed E-state index contributed by atoms with van der Waals surface area (Å²) >= 11 is 0. The summed E-state index contributed by atoms with van der Waals surface area (Å²) in [5, 5.41) is 0. The number of carbonyl (C=O) groups is 1. The van der Waals surface area contributed by atoms with Crippen molar-refractivity contribution in [3.63, 3.8) is 0 Å². The zero-order valence-corrected chi connectivity index (χ0v) is 10.6. The quantitative estimate of drug-likeness (QED) is 0.876. The highest BCUT2D eigenvalue weighted by atomic mass is 19.1. The number of benzene rings is 1. The largest absolute Gasteiger partial charge is 0.338 e. The number of carbonyl (C=O) groups excluding carboxylic acids is 1. The number of halogens is 2. The number of hydrogen-bond donors (Lipinski definition) is 1. The SMILES string of the molecule is CCN(CC(C)CN)C(=O)c1c(F)cccc1F. The lowest BCUT2D eigenvalue weighted by Gasteiger charge is -2.24. The average Bonchev–Trinajstić information content (AvgIpc) is 2.35. The Morgan fingerprint density at radius 3 is 2.39 bits per heavy atom. The highest BCUT2D eigenvalue weighted by Crippen LogP contribution is 2.15. The fourth-order valence-electron chi connectivity index (χ4n) is 1.67. The zero-order chi connectivity index (χ0) is 13.7. The van der Waals surface area contributed by atoms with Crippen LogP contribution in [0, 0.1) is 17.6 Å². The molecular weight excluding hydrogens is 238 g/mol. The van der Waals surface area contributed by atoms with Crippen molar-refractivity contribution >= 4 is 5.91 Å². The Labute approximate surface area is 106 Å². The molecule has 1 rings (SSSR count). The number of hydrogen-bond acceptors (Lipinski definition) is 2. The van der Waals surface area contributed by atoms with Gasteiger partial charge in [0.25, 0.3) is 5.91 Å². The van der Waals surface area contributed by atoms with Crippen molar-refractivity contribution in [1.82, 2.24) is 4.90 Å². The Kier molecular flexibility index (Phi) is 5.22. The molecule has 100 valence electrons. The monoisotopic (exact) mass is 256 g/mol. The van der Waals surface area contributed by atoms with Gasteiger partial charge in [0, 0.05) is 13.1 Å². The van der Waals surface area contributed by atoms with Crippen molar-refractivity contribution in [2.45, 2.75) is 13.8 Å². The van der Waals surface area contributed by atoms with Crippen LogP contribution >= 0.6 is 0 Å². The molecule has 0 aromatic heterocycles. The van der Waals surface area contributed by atoms with Gasteiger partial charge in [-0.1, -0.05) is 13.0 Å². The Hall–Kier alpha value is -1.49. The third-order valence-electron chi connectivity index (χ3n) is 2.78. The third-order valence-corrected chi connectivity index (χ3v) is 2.78. The molecule has 0 spiro atoms. The fraction of sp³-hybridized carbons (Fsp3) is 0.462. The summed E-state index contributed by atoms with van der Waals surface area (Å²) in [5.41, 5.74) is 4.99. The van der Waals surface area contributed by atoms with E-state index in [2.05, 4.69) is 0 Å². The van der Waals surface area contributed by atoms with Gasteiger partial charge >= 0.3 is 0 Å². The molecule has 1 aromatic rings. The molecule has 0 fully saturated rings. The van der Waals surface area contributed by atoms with E-state index in [1.165, 1.54) is 11.0 Å². The lowest BCUT2D eigenvalue weighted by atomic mass is 10.1. The van der Waals surface area contributed by atoms with E-state index in [9.17, 15) is 13.6 Å². The topological polar surface area (TPSA) is 46.3 Å². The molecule has 1 amide bonds. The predicted octanol–water partition coefficient (Wildman–Crippen LogP) is 2.02. The normalized spacial score (nSPS) is 12.3. The van der Waals surface area contributed by atoms with Crippen molar-refractivity contribution in [1.29, 1.82) is 0 Å². The van der Waals surface area contributed by atoms with Crippen LogP contribution in [0.5, 0.6) is 0 Å². The Morgan fingerprint density at radius 2 is 1.94 bits per heavy atom. The van der Waals surface area contributed by atoms with Crippen LogP contribution in [-0.4, -0.2) is 30.4 Å². The molecule has 0 heterocycles. The van der Waals surface area contributed by atoms with E-state index in [1.807, 2.05) is 6.92 Å². The van der Waals surface area contributed by atoms with Crippen LogP contribution in [0.15, 0.2) is 18.2 Å². The molecule has 5 heteroatoms. The summed E-state index contributed by atoms with van der Waals surface area (Å²) in [6.07, 6.45) is 0. The van der Waals surface area contributed by atoms with Crippen molar-refractivity contribution < 1.29 is 13.6 Å². The smallest absolute Gasteiger partial charge is 0.259 e. The molecule has 3 nitrogen and oxygen atoms in total. The fourth-order valence-corrected chi connectivity index (χ4v) is 1.67. The molecule has 0 saturated heterocycles. The minimum absolute atomic E-state index is 0.0868. The Balaban J connectivity index is 2.97. The van der Waals surface area contributed by atoms with Gasteiger partial charge in [0.2, 0.25) is 0 Å². The second kappa shape index (κ2) is 6.44. The van der Waals surface area contributed by atoms with E-state index in [-0.39, 0.29) is 5.92 Å². The first kappa shape index (κ1) is 14.6. The zero-order valence-electron chi connectivity index (χ0n) is 10.6. The summed E-state index contributed by atoms with van der Waals surface area (Å²) < 4.78 is 27.0. The summed E-state index contributed by atoms with van der Waals surface area (Å²) in [6, 6.07) is 3.40. The standard InChI is InChI=1S/C13H18F2N2O/c1-3-17(8-9(2)7-16)13(18)12-10(14)5-4-6-11(12)15/h4-6,9H,3,7-8,16H2,1-2H3. The van der Waals surface area contributed by atoms with Crippen molar-refractivity contribution in [3.8, 4) is 0 Å². The first-order valence-electron chi connectivity index (χ1n) is 5.94. The number of amides is 1. The van der Waals surface area contributed by atoms with Crippen molar-refractivity contribution in [3.05, 3.63) is 35.4 Å². The summed E-state index contributed by atoms with van der Waals surface area (Å²) in [4.78, 5) is 13.5. The first-order chi connectivity index (χ1) is 8.51. The predicted molar refractivity (Wildman–Crippen MR) is 66.2 cm³/mol. The van der Waals surface area contributed by atoms with E-state index >= 15 is 0 Å². The van der Waals surface area contributed by atoms with Gasteiger partial charge in [0.15, 0.2) is 0 Å². The summed E-state index contributed by atoms with van der Waals surface area (Å²) in [5.74, 6) is -2.21. The highest BCUT2D eigenvalue weighted by molar-refractivity contribution is 5.94. The maximum absolute atomic E-state index is 13.5. The van der Waals surface area contributed by atoms with Crippen LogP contribution < -0.4 is 5.73 Å². The molecule has 0 saturated carbocycles. The van der Waals surface area contributed by atoms with Crippen molar-refractivity contribution in [2.24, 2.45) is 11.7 Å². The van der Waals surface area contributed by atoms with E-state index in [4.69, 9.17) is 5.73 Å². The van der Waals surface area contributed by atoms with E-state index in [0.29, 0.717) is 19.6 Å². The number of nitrogens with zero attached hydrogens (tertiary/aromatic N) is 1. The van der Waals surface area contributed by atoms with Gasteiger partial charge < -0.3 is 10.6 Å². The highest BCUT2D eigenvalue weighted by Gasteiger charge is 2.22. The first-order valence-corrected chi connectivity index (χ1v) is 5.94. The third kappa shape index (κ3) is 3.26. The Morgan fingerprint density at radius 1 is 1.39 bits per heavy atom. The molecule has 0 aliphatic heterocycles. The lowest BCUT2D eigenvalue weighted by Crippen LogP contribution is -2.37. The number of rotatable bonds is 5. The molecule has 2 N–H and O–H groups in total. The average molecular weight is 256 g/mol. The lowest BCUT2D eigenvalue weighted by molar-refractivity contribution is 0.0734. The molecule has 1 unspecified atom stereocenters. The van der Waals surface area contributed by atoms with Crippen LogP contribution in [0.3, 0.4) is 0 Å². The van der Waals surface area contributed by atoms with E-state index in [0.717, 1.165) is 12.1 Å². The minimum Gasteiger partial charge on any atom is -0.338 e. The molecule has 1 atom stereocenters. The molecule has 0 aliphatic rings. The molecule has 0 aliphatic carbocycles. The molecule has 0 radical (unpaired) electrons. The second-order valence-corrected chi connectivity index (χ2v) is 4.28. The summed E-state index contributed by atoms with van der Waals surface area (Å²) in [6.45, 7) is 4.84. The summed E-state index contributed by atoms with van der Waals surface area (Å²) in [7, 11) is 0. The van der Waals surface area contributed by atoms with Gasteiger partial charge in [-0.3, -0.25) is 4.79 Å². The van der Waals surface area contributed by atoms with Crippen LogP contribution in [0.2, 0.25) is 0 Å².